The van der Waals surface area contributed by atoms with Crippen LogP contribution in [0.15, 0.2) is 393 Å². The molecule has 0 bridgehead atoms. The highest BCUT2D eigenvalue weighted by Gasteiger charge is 2.23. The Balaban J connectivity index is 0.000000110. The lowest BCUT2D eigenvalue weighted by molar-refractivity contribution is 0.372. The molecule has 0 radical (unpaired) electrons. The van der Waals surface area contributed by atoms with Gasteiger partial charge in [0.1, 0.15) is 126 Å². The summed E-state index contributed by atoms with van der Waals surface area (Å²) in [5.41, 5.74) is 36.5. The Hall–Kier alpha value is -15.3. The molecule has 0 saturated heterocycles. The summed E-state index contributed by atoms with van der Waals surface area (Å²) < 4.78 is 40.3. The molecule has 0 spiro atoms. The first kappa shape index (κ1) is 92.5. The van der Waals surface area contributed by atoms with E-state index in [0.29, 0.717) is 61.3 Å². The molecule has 16 aromatic rings. The molecule has 0 N–H and O–H groups in total. The lowest BCUT2D eigenvalue weighted by Crippen LogP contribution is -2.16. The molecule has 7 heterocycles. The number of halogens is 3. The lowest BCUT2D eigenvalue weighted by Gasteiger charge is -2.17. The van der Waals surface area contributed by atoms with Crippen molar-refractivity contribution in [3.63, 3.8) is 0 Å². The SMILES string of the molecule is Cc1ccc(C2=Nc3cc(Cl)ccc3OC2)cc1.Cc1ccc(C2=Nc3ccc(C)cc3OC2)cc1.Cc1ccc(C2=Nc3ccc(C)cc3OC2)cc1.Cc1ccc(C2=Nc3ccc(C)cc3OC2)cc1.Cc1ccc(C2=Nc3ccc(Cl)cc3OC2)cc1.Cc1ccc2c(c1)OCC(c1ccc(-c3ccccc3)cc1)=N2.Clc1ccc2c(c1)OCC(c1ccc(-c3ccccc3)cc1)=N2. The fourth-order valence-electron chi connectivity index (χ4n) is 15.4. The fourth-order valence-corrected chi connectivity index (χ4v) is 15.9. The Morgan fingerprint density at radius 3 is 0.581 bits per heavy atom. The molecule has 0 fully saturated rings. The Labute approximate surface area is 810 Å². The Bertz CT molecular complexity index is 6620. The van der Waals surface area contributed by atoms with Crippen LogP contribution in [-0.2, 0) is 0 Å². The van der Waals surface area contributed by atoms with Crippen LogP contribution in [-0.4, -0.2) is 86.2 Å². The number of ether oxygens (including phenoxy) is 7. The third-order valence-electron chi connectivity index (χ3n) is 23.1. The molecule has 136 heavy (non-hydrogen) atoms. The molecule has 0 unspecified atom stereocenters. The van der Waals surface area contributed by atoms with Gasteiger partial charge in [0.15, 0.2) is 0 Å². The molecule has 16 aromatic carbocycles. The van der Waals surface area contributed by atoms with E-state index in [9.17, 15) is 0 Å². The molecule has 0 aliphatic carbocycles. The highest BCUT2D eigenvalue weighted by Crippen LogP contribution is 2.41. The molecular weight excluding hydrogens is 1750 g/mol. The van der Waals surface area contributed by atoms with E-state index in [2.05, 4.69) is 318 Å². The lowest BCUT2D eigenvalue weighted by atomic mass is 10.0. The van der Waals surface area contributed by atoms with Crippen LogP contribution in [0.4, 0.5) is 39.8 Å². The molecule has 674 valence electrons. The van der Waals surface area contributed by atoms with E-state index in [4.69, 9.17) is 77.9 Å². The molecule has 0 amide bonds. The molecule has 0 saturated carbocycles. The number of aryl methyl sites for hydroxylation is 9. The van der Waals surface area contributed by atoms with E-state index in [-0.39, 0.29) is 0 Å². The number of aliphatic imine (C=N–C) groups is 7. The minimum Gasteiger partial charge on any atom is -0.485 e. The highest BCUT2D eigenvalue weighted by atomic mass is 35.5. The number of nitrogens with zero attached hydrogens (tertiary/aromatic N) is 7. The number of fused-ring (bicyclic) bond motifs is 7. The minimum atomic E-state index is 0.456. The van der Waals surface area contributed by atoms with Crippen LogP contribution < -0.4 is 33.2 Å². The summed E-state index contributed by atoms with van der Waals surface area (Å²) in [6.45, 7) is 22.2. The second-order valence-electron chi connectivity index (χ2n) is 33.9. The summed E-state index contributed by atoms with van der Waals surface area (Å²) in [5.74, 6) is 5.79. The van der Waals surface area contributed by atoms with Crippen molar-refractivity contribution >= 4 is 115 Å². The standard InChI is InChI=1S/C21H17NO.C20H14ClNO.3C16H15NO.2C15H12ClNO/c1-15-7-12-19-21(13-15)23-14-20(22-19)18-10-8-17(9-11-18)16-5-3-2-4-6-16;21-17-10-11-18-20(12-17)23-13-19(22-18)16-8-6-15(7-9-16)14-4-2-1-3-5-14;3*1-11-3-6-13(7-4-11)15-10-18-16-9-12(2)5-8-14(16)17-15;1-10-2-4-11(5-3-10)14-9-18-15-7-6-12(16)8-13(15)17-14;1-10-2-4-11(5-3-10)14-9-18-15-8-12(16)6-7-13(15)17-14/h2-13H,14H2,1H3;1-12H,13H2;3*3-9H,10H2,1-2H3;2*2-8H,9H2,1H3. The maximum Gasteiger partial charge on any atom is 0.146 e. The molecule has 0 atom stereocenters. The summed E-state index contributed by atoms with van der Waals surface area (Å²) in [5, 5.41) is 2.00. The van der Waals surface area contributed by atoms with Crippen LogP contribution in [0.2, 0.25) is 15.1 Å². The summed E-state index contributed by atoms with van der Waals surface area (Å²) in [6, 6.07) is 120. The van der Waals surface area contributed by atoms with Crippen molar-refractivity contribution in [2.45, 2.75) is 62.3 Å². The first-order chi connectivity index (χ1) is 66.2. The van der Waals surface area contributed by atoms with Gasteiger partial charge in [-0.1, -0.05) is 317 Å². The van der Waals surface area contributed by atoms with Gasteiger partial charge < -0.3 is 33.2 Å². The van der Waals surface area contributed by atoms with Crippen LogP contribution >= 0.6 is 34.8 Å². The largest absolute Gasteiger partial charge is 0.485 e. The average Bonchev–Trinajstić information content (AvgIpc) is 0.852. The molecule has 7 aliphatic rings. The van der Waals surface area contributed by atoms with Gasteiger partial charge in [-0.15, -0.1) is 0 Å². The molecular formula is C119H100Cl3N7O7. The van der Waals surface area contributed by atoms with Crippen molar-refractivity contribution in [2.24, 2.45) is 34.9 Å². The molecule has 0 aromatic heterocycles. The van der Waals surface area contributed by atoms with E-state index in [1.54, 1.807) is 12.1 Å². The predicted molar refractivity (Wildman–Crippen MR) is 561 cm³/mol. The summed E-state index contributed by atoms with van der Waals surface area (Å²) in [4.78, 5) is 32.7. The van der Waals surface area contributed by atoms with Crippen molar-refractivity contribution in [2.75, 3.05) is 46.2 Å². The summed E-state index contributed by atoms with van der Waals surface area (Å²) in [6.07, 6.45) is 0. The molecule has 7 aliphatic heterocycles. The van der Waals surface area contributed by atoms with E-state index in [1.165, 1.54) is 72.3 Å². The molecule has 17 heteroatoms. The van der Waals surface area contributed by atoms with E-state index in [0.717, 1.165) is 159 Å². The highest BCUT2D eigenvalue weighted by molar-refractivity contribution is 6.31. The van der Waals surface area contributed by atoms with Gasteiger partial charge in [-0.3, -0.25) is 0 Å². The van der Waals surface area contributed by atoms with Crippen molar-refractivity contribution in [1.29, 1.82) is 0 Å². The number of hydrogen-bond acceptors (Lipinski definition) is 14. The fraction of sp³-hybridized carbons (Fsp3) is 0.134. The monoisotopic (exact) mass is 1840 g/mol. The summed E-state index contributed by atoms with van der Waals surface area (Å²) >= 11 is 17.9. The van der Waals surface area contributed by atoms with Gasteiger partial charge in [0, 0.05) is 27.2 Å². The maximum absolute atomic E-state index is 5.98. The average molecular weight is 1850 g/mol. The van der Waals surface area contributed by atoms with Gasteiger partial charge in [-0.25, -0.2) is 34.9 Å². The Kier molecular flexibility index (Phi) is 29.6. The van der Waals surface area contributed by atoms with Crippen molar-refractivity contribution < 1.29 is 33.2 Å². The Morgan fingerprint density at radius 1 is 0.154 bits per heavy atom. The van der Waals surface area contributed by atoms with Gasteiger partial charge in [0.05, 0.1) is 40.0 Å². The maximum atomic E-state index is 5.98. The van der Waals surface area contributed by atoms with Crippen molar-refractivity contribution in [3.8, 4) is 62.5 Å². The van der Waals surface area contributed by atoms with Gasteiger partial charge in [0.2, 0.25) is 0 Å². The van der Waals surface area contributed by atoms with Gasteiger partial charge >= 0.3 is 0 Å². The van der Waals surface area contributed by atoms with Gasteiger partial charge in [-0.05, 0) is 237 Å². The quantitative estimate of drug-likeness (QED) is 0.140. The van der Waals surface area contributed by atoms with Gasteiger partial charge in [0.25, 0.3) is 0 Å². The van der Waals surface area contributed by atoms with Crippen LogP contribution in [0.25, 0.3) is 22.3 Å². The second kappa shape index (κ2) is 43.6. The zero-order chi connectivity index (χ0) is 94.0. The topological polar surface area (TPSA) is 151 Å². The van der Waals surface area contributed by atoms with Crippen LogP contribution in [0.1, 0.15) is 89.0 Å². The number of benzene rings is 16. The van der Waals surface area contributed by atoms with Crippen LogP contribution in [0.5, 0.6) is 40.2 Å². The molecule has 14 nitrogen and oxygen atoms in total. The van der Waals surface area contributed by atoms with Crippen molar-refractivity contribution in [3.05, 3.63) is 462 Å². The molecule has 23 rings (SSSR count). The third kappa shape index (κ3) is 24.2. The minimum absolute atomic E-state index is 0.456. The van der Waals surface area contributed by atoms with E-state index < -0.39 is 0 Å². The first-order valence-corrected chi connectivity index (χ1v) is 46.2. The Morgan fingerprint density at radius 2 is 0.331 bits per heavy atom. The predicted octanol–water partition coefficient (Wildman–Crippen LogP) is 30.5. The second-order valence-corrected chi connectivity index (χ2v) is 35.2. The number of rotatable bonds is 9. The first-order valence-electron chi connectivity index (χ1n) is 45.1. The zero-order valence-corrected chi connectivity index (χ0v) is 79.4. The van der Waals surface area contributed by atoms with Crippen molar-refractivity contribution in [1.82, 2.24) is 0 Å². The zero-order valence-electron chi connectivity index (χ0n) is 77.1. The summed E-state index contributed by atoms with van der Waals surface area (Å²) in [7, 11) is 0. The van der Waals surface area contributed by atoms with E-state index in [1.807, 2.05) is 115 Å². The van der Waals surface area contributed by atoms with Crippen LogP contribution in [0, 0.1) is 62.3 Å². The third-order valence-corrected chi connectivity index (χ3v) is 23.8. The normalized spacial score (nSPS) is 13.4. The smallest absolute Gasteiger partial charge is 0.146 e. The van der Waals surface area contributed by atoms with Crippen LogP contribution in [0.3, 0.4) is 0 Å². The number of hydrogen-bond donors (Lipinski definition) is 0. The van der Waals surface area contributed by atoms with E-state index >= 15 is 0 Å². The van der Waals surface area contributed by atoms with Gasteiger partial charge in [-0.2, -0.15) is 0 Å².